The molecule has 0 aromatic heterocycles. The van der Waals surface area contributed by atoms with Gasteiger partial charge < -0.3 is 15.7 Å². The molecule has 4 nitrogen and oxygen atoms in total. The molecule has 58 valence electrons. The van der Waals surface area contributed by atoms with E-state index >= 15 is 0 Å². The van der Waals surface area contributed by atoms with Crippen molar-refractivity contribution in [3.63, 3.8) is 0 Å². The van der Waals surface area contributed by atoms with Gasteiger partial charge in [-0.15, -0.1) is 0 Å². The van der Waals surface area contributed by atoms with Gasteiger partial charge in [0.1, 0.15) is 0 Å². The van der Waals surface area contributed by atoms with Gasteiger partial charge in [-0.05, 0) is 12.8 Å². The van der Waals surface area contributed by atoms with E-state index in [1.807, 2.05) is 0 Å². The SMILES string of the molecule is O=C(NCCO)NC1CC1. The van der Waals surface area contributed by atoms with E-state index in [1.165, 1.54) is 0 Å². The van der Waals surface area contributed by atoms with E-state index in [0.717, 1.165) is 12.8 Å². The molecule has 0 saturated heterocycles. The first-order valence-corrected chi connectivity index (χ1v) is 3.48. The van der Waals surface area contributed by atoms with E-state index in [1.54, 1.807) is 0 Å². The number of nitrogens with one attached hydrogen (secondary N) is 2. The standard InChI is InChI=1S/C6H12N2O2/c9-4-3-7-6(10)8-5-1-2-5/h5,9H,1-4H2,(H2,7,8,10). The highest BCUT2D eigenvalue weighted by Gasteiger charge is 2.22. The second kappa shape index (κ2) is 3.41. The average molecular weight is 144 g/mol. The molecule has 0 heterocycles. The van der Waals surface area contributed by atoms with Gasteiger partial charge in [0.2, 0.25) is 0 Å². The number of amides is 2. The predicted molar refractivity (Wildman–Crippen MR) is 36.6 cm³/mol. The van der Waals surface area contributed by atoms with Crippen molar-refractivity contribution in [2.75, 3.05) is 13.2 Å². The maximum atomic E-state index is 10.7. The van der Waals surface area contributed by atoms with Crippen molar-refractivity contribution >= 4 is 6.03 Å². The van der Waals surface area contributed by atoms with Gasteiger partial charge in [0.25, 0.3) is 0 Å². The Morgan fingerprint density at radius 3 is 2.80 bits per heavy atom. The number of aliphatic hydroxyl groups excluding tert-OH is 1. The molecule has 1 rings (SSSR count). The van der Waals surface area contributed by atoms with E-state index in [9.17, 15) is 4.79 Å². The van der Waals surface area contributed by atoms with Crippen molar-refractivity contribution < 1.29 is 9.90 Å². The van der Waals surface area contributed by atoms with Gasteiger partial charge in [0.05, 0.1) is 6.61 Å². The van der Waals surface area contributed by atoms with Crippen molar-refractivity contribution in [3.8, 4) is 0 Å². The van der Waals surface area contributed by atoms with Gasteiger partial charge in [-0.3, -0.25) is 0 Å². The zero-order chi connectivity index (χ0) is 7.40. The summed E-state index contributed by atoms with van der Waals surface area (Å²) >= 11 is 0. The molecule has 1 saturated carbocycles. The first-order valence-electron chi connectivity index (χ1n) is 3.48. The van der Waals surface area contributed by atoms with E-state index in [-0.39, 0.29) is 12.6 Å². The number of urea groups is 1. The van der Waals surface area contributed by atoms with E-state index < -0.39 is 0 Å². The second-order valence-electron chi connectivity index (χ2n) is 2.40. The van der Waals surface area contributed by atoms with Crippen LogP contribution in [-0.4, -0.2) is 30.3 Å². The van der Waals surface area contributed by atoms with Crippen LogP contribution >= 0.6 is 0 Å². The number of carbonyl (C=O) groups excluding carboxylic acids is 1. The van der Waals surface area contributed by atoms with Crippen LogP contribution in [0.4, 0.5) is 4.79 Å². The molecule has 10 heavy (non-hydrogen) atoms. The quantitative estimate of drug-likeness (QED) is 0.497. The normalized spacial score (nSPS) is 16.5. The van der Waals surface area contributed by atoms with Crippen LogP contribution in [0.3, 0.4) is 0 Å². The van der Waals surface area contributed by atoms with Crippen LogP contribution in [0.25, 0.3) is 0 Å². The lowest BCUT2D eigenvalue weighted by atomic mass is 10.6. The molecule has 2 amide bonds. The molecule has 0 aromatic carbocycles. The predicted octanol–water partition coefficient (Wildman–Crippen LogP) is -0.560. The maximum Gasteiger partial charge on any atom is 0.315 e. The minimum absolute atomic E-state index is 0.00190. The third-order valence-corrected chi connectivity index (χ3v) is 1.31. The van der Waals surface area contributed by atoms with Crippen LogP contribution < -0.4 is 10.6 Å². The third-order valence-electron chi connectivity index (χ3n) is 1.31. The van der Waals surface area contributed by atoms with Crippen molar-refractivity contribution in [1.82, 2.24) is 10.6 Å². The van der Waals surface area contributed by atoms with Crippen LogP contribution in [0.1, 0.15) is 12.8 Å². The largest absolute Gasteiger partial charge is 0.395 e. The van der Waals surface area contributed by atoms with Crippen LogP contribution in [0, 0.1) is 0 Å². The van der Waals surface area contributed by atoms with E-state index in [0.29, 0.717) is 12.6 Å². The summed E-state index contributed by atoms with van der Waals surface area (Å²) < 4.78 is 0. The van der Waals surface area contributed by atoms with Crippen molar-refractivity contribution in [2.24, 2.45) is 0 Å². The molecule has 0 spiro atoms. The van der Waals surface area contributed by atoms with Gasteiger partial charge in [0, 0.05) is 12.6 Å². The molecule has 0 aromatic rings. The summed E-state index contributed by atoms with van der Waals surface area (Å²) in [7, 11) is 0. The van der Waals surface area contributed by atoms with Crippen molar-refractivity contribution in [2.45, 2.75) is 18.9 Å². The summed E-state index contributed by atoms with van der Waals surface area (Å²) in [5.41, 5.74) is 0. The number of carbonyl (C=O) groups is 1. The van der Waals surface area contributed by atoms with E-state index in [2.05, 4.69) is 10.6 Å². The molecule has 1 aliphatic rings. The van der Waals surface area contributed by atoms with Crippen LogP contribution in [0.15, 0.2) is 0 Å². The fourth-order valence-corrected chi connectivity index (χ4v) is 0.634. The average Bonchev–Trinajstić information content (AvgIpc) is 2.67. The summed E-state index contributed by atoms with van der Waals surface area (Å²) in [6.07, 6.45) is 2.18. The summed E-state index contributed by atoms with van der Waals surface area (Å²) in [5, 5.41) is 13.6. The van der Waals surface area contributed by atoms with Gasteiger partial charge >= 0.3 is 6.03 Å². The third kappa shape index (κ3) is 2.68. The fourth-order valence-electron chi connectivity index (χ4n) is 0.634. The molecule has 0 radical (unpaired) electrons. The smallest absolute Gasteiger partial charge is 0.315 e. The number of hydrogen-bond donors (Lipinski definition) is 3. The summed E-state index contributed by atoms with van der Waals surface area (Å²) in [5.74, 6) is 0. The van der Waals surface area contributed by atoms with Gasteiger partial charge in [-0.1, -0.05) is 0 Å². The van der Waals surface area contributed by atoms with Crippen LogP contribution in [0.5, 0.6) is 0 Å². The number of aliphatic hydroxyl groups is 1. The van der Waals surface area contributed by atoms with Crippen LogP contribution in [0.2, 0.25) is 0 Å². The Labute approximate surface area is 59.6 Å². The highest BCUT2D eigenvalue weighted by atomic mass is 16.3. The zero-order valence-corrected chi connectivity index (χ0v) is 5.76. The first kappa shape index (κ1) is 7.34. The summed E-state index contributed by atoms with van der Waals surface area (Å²) in [4.78, 5) is 10.7. The molecule has 1 fully saturated rings. The molecule has 1 aliphatic carbocycles. The fraction of sp³-hybridized carbons (Fsp3) is 0.833. The van der Waals surface area contributed by atoms with Crippen molar-refractivity contribution in [3.05, 3.63) is 0 Å². The van der Waals surface area contributed by atoms with Gasteiger partial charge in [-0.2, -0.15) is 0 Å². The molecular weight excluding hydrogens is 132 g/mol. The highest BCUT2D eigenvalue weighted by Crippen LogP contribution is 2.17. The second-order valence-corrected chi connectivity index (χ2v) is 2.40. The van der Waals surface area contributed by atoms with Gasteiger partial charge in [-0.25, -0.2) is 4.79 Å². The van der Waals surface area contributed by atoms with E-state index in [4.69, 9.17) is 5.11 Å². The zero-order valence-electron chi connectivity index (χ0n) is 5.76. The lowest BCUT2D eigenvalue weighted by Gasteiger charge is -2.03. The summed E-state index contributed by atoms with van der Waals surface area (Å²) in [6, 6.07) is 0.218. The Balaban J connectivity index is 1.97. The molecule has 0 aliphatic heterocycles. The molecule has 3 N–H and O–H groups in total. The number of hydrogen-bond acceptors (Lipinski definition) is 2. The topological polar surface area (TPSA) is 61.4 Å². The lowest BCUT2D eigenvalue weighted by Crippen LogP contribution is -2.38. The Morgan fingerprint density at radius 2 is 2.30 bits per heavy atom. The molecule has 0 atom stereocenters. The minimum Gasteiger partial charge on any atom is -0.395 e. The monoisotopic (exact) mass is 144 g/mol. The lowest BCUT2D eigenvalue weighted by molar-refractivity contribution is 0.234. The first-order chi connectivity index (χ1) is 4.83. The molecule has 0 unspecified atom stereocenters. The molecule has 4 heteroatoms. The number of rotatable bonds is 3. The Bertz CT molecular complexity index is 123. The van der Waals surface area contributed by atoms with Gasteiger partial charge in [0.15, 0.2) is 0 Å². The summed E-state index contributed by atoms with van der Waals surface area (Å²) in [6.45, 7) is 0.330. The maximum absolute atomic E-state index is 10.7. The molecule has 0 bridgehead atoms. The highest BCUT2D eigenvalue weighted by molar-refractivity contribution is 5.74. The Morgan fingerprint density at radius 1 is 1.60 bits per heavy atom. The molecular formula is C6H12N2O2. The van der Waals surface area contributed by atoms with Crippen molar-refractivity contribution in [1.29, 1.82) is 0 Å². The minimum atomic E-state index is -0.170. The Kier molecular flexibility index (Phi) is 2.50. The van der Waals surface area contributed by atoms with Crippen LogP contribution in [-0.2, 0) is 0 Å². The Hall–Kier alpha value is -0.770.